The lowest BCUT2D eigenvalue weighted by Gasteiger charge is -2.21. The van der Waals surface area contributed by atoms with Crippen LogP contribution in [-0.4, -0.2) is 45.6 Å². The average molecular weight is 490 g/mol. The number of ether oxygens (including phenoxy) is 1. The van der Waals surface area contributed by atoms with Gasteiger partial charge in [0.25, 0.3) is 0 Å². The highest BCUT2D eigenvalue weighted by Gasteiger charge is 2.35. The average Bonchev–Trinajstić information content (AvgIpc) is 3.67. The zero-order valence-electron chi connectivity index (χ0n) is 19.0. The summed E-state index contributed by atoms with van der Waals surface area (Å²) in [5, 5.41) is 29.6. The molecule has 34 heavy (non-hydrogen) atoms. The van der Waals surface area contributed by atoms with Crippen molar-refractivity contribution in [1.82, 2.24) is 4.98 Å². The highest BCUT2D eigenvalue weighted by Crippen LogP contribution is 2.49. The van der Waals surface area contributed by atoms with Gasteiger partial charge in [-0.2, -0.15) is 0 Å². The Morgan fingerprint density at radius 1 is 1.24 bits per heavy atom. The van der Waals surface area contributed by atoms with Gasteiger partial charge in [0.15, 0.2) is 0 Å². The van der Waals surface area contributed by atoms with Gasteiger partial charge < -0.3 is 20.1 Å². The number of carboxylic acid groups (broad SMARTS) is 1. The highest BCUT2D eigenvalue weighted by molar-refractivity contribution is 6.30. The number of halogens is 2. The molecule has 0 spiro atoms. The number of carboxylic acids is 1. The Balaban J connectivity index is 1.84. The predicted molar refractivity (Wildman–Crippen MR) is 127 cm³/mol. The SMILES string of the molecule is COCc1c(C2CC2)nc(C2CC2)c(/C=C/[C@@H](O)C[C@@H](O)CC(=O)O)c1-c1cc(Cl)ccc1F. The van der Waals surface area contributed by atoms with Crippen molar-refractivity contribution in [1.29, 1.82) is 0 Å². The molecule has 0 bridgehead atoms. The number of aliphatic hydroxyl groups is 2. The Morgan fingerprint density at radius 2 is 1.91 bits per heavy atom. The fourth-order valence-corrected chi connectivity index (χ4v) is 4.52. The molecule has 1 aromatic carbocycles. The Kier molecular flexibility index (Phi) is 7.67. The lowest BCUT2D eigenvalue weighted by Crippen LogP contribution is -2.19. The van der Waals surface area contributed by atoms with Gasteiger partial charge in [0.2, 0.25) is 0 Å². The van der Waals surface area contributed by atoms with Crippen molar-refractivity contribution in [2.24, 2.45) is 0 Å². The number of aliphatic hydroxyl groups excluding tert-OH is 2. The Hall–Kier alpha value is -2.32. The smallest absolute Gasteiger partial charge is 0.305 e. The molecule has 0 unspecified atom stereocenters. The van der Waals surface area contributed by atoms with Gasteiger partial charge in [0.1, 0.15) is 5.82 Å². The third-order valence-electron chi connectivity index (χ3n) is 6.22. The molecule has 2 saturated carbocycles. The third kappa shape index (κ3) is 5.84. The quantitative estimate of drug-likeness (QED) is 0.409. The molecule has 6 nitrogen and oxygen atoms in total. The molecule has 2 aromatic rings. The minimum Gasteiger partial charge on any atom is -0.481 e. The molecule has 0 saturated heterocycles. The summed E-state index contributed by atoms with van der Waals surface area (Å²) in [6.07, 6.45) is 4.42. The fourth-order valence-electron chi connectivity index (χ4n) is 4.34. The third-order valence-corrected chi connectivity index (χ3v) is 6.46. The summed E-state index contributed by atoms with van der Waals surface area (Å²) in [6, 6.07) is 4.44. The number of methoxy groups -OCH3 is 1. The van der Waals surface area contributed by atoms with Crippen LogP contribution in [0.25, 0.3) is 17.2 Å². The second kappa shape index (κ2) is 10.5. The summed E-state index contributed by atoms with van der Waals surface area (Å²) in [6.45, 7) is 0.256. The van der Waals surface area contributed by atoms with Crippen LogP contribution in [0.4, 0.5) is 4.39 Å². The molecule has 2 fully saturated rings. The first-order valence-corrected chi connectivity index (χ1v) is 11.9. The number of carbonyl (C=O) groups is 1. The maximum Gasteiger partial charge on any atom is 0.305 e. The molecule has 0 aliphatic heterocycles. The maximum atomic E-state index is 15.2. The topological polar surface area (TPSA) is 99.9 Å². The molecule has 2 atom stereocenters. The largest absolute Gasteiger partial charge is 0.481 e. The van der Waals surface area contributed by atoms with E-state index in [4.69, 9.17) is 26.4 Å². The molecule has 1 aromatic heterocycles. The highest BCUT2D eigenvalue weighted by atomic mass is 35.5. The summed E-state index contributed by atoms with van der Waals surface area (Å²) in [7, 11) is 1.59. The number of pyridine rings is 1. The van der Waals surface area contributed by atoms with E-state index in [-0.39, 0.29) is 18.9 Å². The first-order valence-electron chi connectivity index (χ1n) is 11.6. The van der Waals surface area contributed by atoms with Gasteiger partial charge in [0.05, 0.1) is 30.9 Å². The molecule has 182 valence electrons. The van der Waals surface area contributed by atoms with Gasteiger partial charge in [-0.1, -0.05) is 23.8 Å². The molecule has 2 aliphatic rings. The number of hydrogen-bond acceptors (Lipinski definition) is 5. The first-order chi connectivity index (χ1) is 16.3. The number of nitrogens with zero attached hydrogens (tertiary/aromatic N) is 1. The van der Waals surface area contributed by atoms with Crippen LogP contribution in [0.3, 0.4) is 0 Å². The van der Waals surface area contributed by atoms with Crippen molar-refractivity contribution in [2.75, 3.05) is 7.11 Å². The number of benzene rings is 1. The number of aromatic nitrogens is 1. The van der Waals surface area contributed by atoms with Crippen molar-refractivity contribution in [2.45, 2.75) is 69.2 Å². The Morgan fingerprint density at radius 3 is 2.53 bits per heavy atom. The molecule has 0 amide bonds. The Labute approximate surface area is 203 Å². The second-order valence-electron chi connectivity index (χ2n) is 9.17. The molecule has 4 rings (SSSR count). The van der Waals surface area contributed by atoms with Gasteiger partial charge in [-0.25, -0.2) is 4.39 Å². The summed E-state index contributed by atoms with van der Waals surface area (Å²) < 4.78 is 20.7. The van der Waals surface area contributed by atoms with Crippen LogP contribution < -0.4 is 0 Å². The van der Waals surface area contributed by atoms with Crippen LogP contribution in [0.5, 0.6) is 0 Å². The zero-order valence-corrected chi connectivity index (χ0v) is 19.8. The van der Waals surface area contributed by atoms with Crippen LogP contribution in [0.1, 0.15) is 72.9 Å². The normalized spacial score (nSPS) is 17.8. The van der Waals surface area contributed by atoms with Crippen molar-refractivity contribution in [3.63, 3.8) is 0 Å². The maximum absolute atomic E-state index is 15.2. The van der Waals surface area contributed by atoms with Crippen LogP contribution >= 0.6 is 11.6 Å². The van der Waals surface area contributed by atoms with Gasteiger partial charge in [-0.3, -0.25) is 9.78 Å². The number of aliphatic carboxylic acids is 1. The predicted octanol–water partition coefficient (Wildman–Crippen LogP) is 5.04. The minimum absolute atomic E-state index is 0.124. The molecule has 1 heterocycles. The van der Waals surface area contributed by atoms with Crippen molar-refractivity contribution in [3.8, 4) is 11.1 Å². The van der Waals surface area contributed by atoms with Gasteiger partial charge in [-0.15, -0.1) is 0 Å². The molecule has 0 radical (unpaired) electrons. The van der Waals surface area contributed by atoms with E-state index in [9.17, 15) is 15.0 Å². The fraction of sp³-hybridized carbons (Fsp3) is 0.462. The monoisotopic (exact) mass is 489 g/mol. The van der Waals surface area contributed by atoms with Crippen LogP contribution in [0, 0.1) is 5.82 Å². The van der Waals surface area contributed by atoms with Gasteiger partial charge in [0, 0.05) is 58.3 Å². The minimum atomic E-state index is -1.18. The number of rotatable bonds is 11. The first kappa shape index (κ1) is 24.8. The van der Waals surface area contributed by atoms with Gasteiger partial charge >= 0.3 is 5.97 Å². The van der Waals surface area contributed by atoms with E-state index in [0.29, 0.717) is 27.6 Å². The van der Waals surface area contributed by atoms with Crippen LogP contribution in [0.2, 0.25) is 5.02 Å². The number of hydrogen-bond donors (Lipinski definition) is 3. The second-order valence-corrected chi connectivity index (χ2v) is 9.61. The van der Waals surface area contributed by atoms with E-state index in [2.05, 4.69) is 0 Å². The summed E-state index contributed by atoms with van der Waals surface area (Å²) in [5.74, 6) is -0.978. The summed E-state index contributed by atoms with van der Waals surface area (Å²) in [4.78, 5) is 15.9. The lowest BCUT2D eigenvalue weighted by molar-refractivity contribution is -0.139. The molecular weight excluding hydrogens is 461 g/mol. The summed E-state index contributed by atoms with van der Waals surface area (Å²) in [5.41, 5.74) is 4.34. The van der Waals surface area contributed by atoms with Crippen molar-refractivity contribution >= 4 is 23.6 Å². The lowest BCUT2D eigenvalue weighted by atomic mass is 9.89. The molecular formula is C26H29ClFNO5. The van der Waals surface area contributed by atoms with E-state index in [1.165, 1.54) is 18.2 Å². The molecule has 2 aliphatic carbocycles. The Bertz CT molecular complexity index is 1100. The van der Waals surface area contributed by atoms with E-state index in [0.717, 1.165) is 42.6 Å². The molecule has 8 heteroatoms. The zero-order chi connectivity index (χ0) is 24.4. The van der Waals surface area contributed by atoms with Crippen LogP contribution in [0.15, 0.2) is 24.3 Å². The van der Waals surface area contributed by atoms with E-state index in [1.807, 2.05) is 0 Å². The van der Waals surface area contributed by atoms with E-state index >= 15 is 4.39 Å². The van der Waals surface area contributed by atoms with Gasteiger partial charge in [-0.05, 0) is 43.9 Å². The van der Waals surface area contributed by atoms with E-state index < -0.39 is 30.4 Å². The van der Waals surface area contributed by atoms with Crippen molar-refractivity contribution < 1.29 is 29.2 Å². The van der Waals surface area contributed by atoms with Crippen LogP contribution in [-0.2, 0) is 16.1 Å². The van der Waals surface area contributed by atoms with E-state index in [1.54, 1.807) is 19.3 Å². The summed E-state index contributed by atoms with van der Waals surface area (Å²) >= 11 is 6.26. The standard InChI is InChI=1S/C26H29ClFNO5/c1-34-13-21-24(20-10-16(27)6-9-22(20)28)19(8-7-17(30)11-18(31)12-23(32)33)25(14-2-3-14)29-26(21)15-4-5-15/h6-10,14-15,17-18,30-31H,2-5,11-13H2,1H3,(H,32,33)/b8-7+/t17-,18-/m1/s1. The van der Waals surface area contributed by atoms with Crippen molar-refractivity contribution in [3.05, 3.63) is 57.6 Å². The molecule has 3 N–H and O–H groups in total.